The Hall–Kier alpha value is -3.78. The molecular weight excluding hydrogens is 532 g/mol. The SMILES string of the molecule is O=CN(O)C(CS(=O)(=O)c1ccccc1Oc1ccc(OC(F)(F)F)cc1)c1ccc(C(F)(F)F)cc1. The second-order valence-corrected chi connectivity index (χ2v) is 9.47. The van der Waals surface area contributed by atoms with Crippen LogP contribution in [0.2, 0.25) is 0 Å². The van der Waals surface area contributed by atoms with E-state index in [0.717, 1.165) is 42.5 Å². The van der Waals surface area contributed by atoms with Gasteiger partial charge in [-0.1, -0.05) is 24.3 Å². The summed E-state index contributed by atoms with van der Waals surface area (Å²) in [7, 11) is -4.37. The summed E-state index contributed by atoms with van der Waals surface area (Å²) in [5, 5.41) is 9.99. The lowest BCUT2D eigenvalue weighted by atomic mass is 10.1. The number of ether oxygens (including phenoxy) is 2. The molecule has 7 nitrogen and oxygen atoms in total. The molecule has 0 radical (unpaired) electrons. The molecule has 0 saturated carbocycles. The first-order chi connectivity index (χ1) is 17.2. The highest BCUT2D eigenvalue weighted by Crippen LogP contribution is 2.35. The number of nitrogens with zero attached hydrogens (tertiary/aromatic N) is 1. The van der Waals surface area contributed by atoms with Crippen molar-refractivity contribution in [2.24, 2.45) is 0 Å². The van der Waals surface area contributed by atoms with Gasteiger partial charge in [-0.3, -0.25) is 10.0 Å². The minimum atomic E-state index is -4.91. The van der Waals surface area contributed by atoms with Gasteiger partial charge >= 0.3 is 12.5 Å². The Morgan fingerprint density at radius 3 is 1.97 bits per heavy atom. The summed E-state index contributed by atoms with van der Waals surface area (Å²) in [6.07, 6.45) is -9.66. The maximum Gasteiger partial charge on any atom is 0.573 e. The van der Waals surface area contributed by atoms with E-state index in [4.69, 9.17) is 4.74 Å². The number of hydrogen-bond donors (Lipinski definition) is 1. The Labute approximate surface area is 206 Å². The number of alkyl halides is 6. The van der Waals surface area contributed by atoms with E-state index >= 15 is 0 Å². The highest BCUT2D eigenvalue weighted by Gasteiger charge is 2.33. The quantitative estimate of drug-likeness (QED) is 0.158. The highest BCUT2D eigenvalue weighted by atomic mass is 32.2. The van der Waals surface area contributed by atoms with E-state index in [-0.39, 0.29) is 28.5 Å². The van der Waals surface area contributed by atoms with Crippen LogP contribution in [0.15, 0.2) is 77.7 Å². The van der Waals surface area contributed by atoms with Crippen LogP contribution < -0.4 is 9.47 Å². The van der Waals surface area contributed by atoms with Crippen molar-refractivity contribution < 1.29 is 54.2 Å². The number of amides is 1. The molecule has 1 N–H and O–H groups in total. The zero-order chi connectivity index (χ0) is 27.4. The summed E-state index contributed by atoms with van der Waals surface area (Å²) in [6, 6.07) is 11.0. The molecule has 1 amide bonds. The number of sulfone groups is 1. The number of hydrogen-bond acceptors (Lipinski definition) is 6. The average molecular weight is 549 g/mol. The van der Waals surface area contributed by atoms with Crippen molar-refractivity contribution in [2.75, 3.05) is 5.75 Å². The Kier molecular flexibility index (Phi) is 8.03. The van der Waals surface area contributed by atoms with E-state index in [1.807, 2.05) is 0 Å². The third-order valence-corrected chi connectivity index (χ3v) is 6.66. The van der Waals surface area contributed by atoms with Gasteiger partial charge in [0.05, 0.1) is 17.4 Å². The lowest BCUT2D eigenvalue weighted by Crippen LogP contribution is -2.30. The normalized spacial score (nSPS) is 13.1. The van der Waals surface area contributed by atoms with Gasteiger partial charge in [0.2, 0.25) is 6.41 Å². The number of rotatable bonds is 9. The summed E-state index contributed by atoms with van der Waals surface area (Å²) in [5.74, 6) is -1.73. The van der Waals surface area contributed by atoms with Crippen LogP contribution in [0.1, 0.15) is 17.2 Å². The number of para-hydroxylation sites is 1. The molecule has 14 heteroatoms. The van der Waals surface area contributed by atoms with Crippen molar-refractivity contribution in [1.82, 2.24) is 5.06 Å². The van der Waals surface area contributed by atoms with Crippen LogP contribution in [-0.4, -0.2) is 37.2 Å². The predicted octanol–water partition coefficient (Wildman–Crippen LogP) is 5.76. The van der Waals surface area contributed by atoms with E-state index in [0.29, 0.717) is 12.1 Å². The molecule has 3 rings (SSSR count). The fraction of sp³-hybridized carbons (Fsp3) is 0.174. The third-order valence-electron chi connectivity index (χ3n) is 4.90. The number of carbonyl (C=O) groups excluding carboxylic acids is 1. The van der Waals surface area contributed by atoms with Crippen LogP contribution >= 0.6 is 0 Å². The molecule has 0 heterocycles. The van der Waals surface area contributed by atoms with E-state index in [1.165, 1.54) is 18.2 Å². The van der Waals surface area contributed by atoms with Crippen molar-refractivity contribution in [2.45, 2.75) is 23.5 Å². The van der Waals surface area contributed by atoms with Crippen LogP contribution in [0.4, 0.5) is 26.3 Å². The summed E-state index contributed by atoms with van der Waals surface area (Å²) in [6.45, 7) is 0. The standard InChI is InChI=1S/C23H17F6NO6S/c24-22(25,26)16-7-5-15(6-8-16)19(30(32)14-31)13-37(33,34)21-4-2-1-3-20(21)35-17-9-11-18(12-10-17)36-23(27,28)29/h1-12,14,19,32H,13H2. The molecule has 0 aromatic heterocycles. The van der Waals surface area contributed by atoms with Crippen molar-refractivity contribution in [3.8, 4) is 17.2 Å². The molecule has 0 bridgehead atoms. The van der Waals surface area contributed by atoms with Crippen molar-refractivity contribution in [1.29, 1.82) is 0 Å². The Morgan fingerprint density at radius 2 is 1.43 bits per heavy atom. The van der Waals surface area contributed by atoms with Gasteiger partial charge < -0.3 is 9.47 Å². The molecule has 3 aromatic rings. The van der Waals surface area contributed by atoms with Gasteiger partial charge in [0.1, 0.15) is 22.1 Å². The Balaban J connectivity index is 1.88. The van der Waals surface area contributed by atoms with Gasteiger partial charge in [-0.15, -0.1) is 13.2 Å². The van der Waals surface area contributed by atoms with Crippen LogP contribution in [-0.2, 0) is 20.8 Å². The first-order valence-electron chi connectivity index (χ1n) is 10.1. The van der Waals surface area contributed by atoms with Gasteiger partial charge in [-0.25, -0.2) is 13.5 Å². The Bertz CT molecular complexity index is 1330. The lowest BCUT2D eigenvalue weighted by Gasteiger charge is -2.23. The van der Waals surface area contributed by atoms with Crippen molar-refractivity contribution >= 4 is 16.2 Å². The summed E-state index contributed by atoms with van der Waals surface area (Å²) < 4.78 is 111. The molecule has 0 fully saturated rings. The topological polar surface area (TPSA) is 93.1 Å². The lowest BCUT2D eigenvalue weighted by molar-refractivity contribution is -0.274. The minimum absolute atomic E-state index is 0.0169. The maximum atomic E-state index is 13.2. The summed E-state index contributed by atoms with van der Waals surface area (Å²) in [5.41, 5.74) is -1.11. The molecule has 198 valence electrons. The molecule has 37 heavy (non-hydrogen) atoms. The monoisotopic (exact) mass is 549 g/mol. The zero-order valence-electron chi connectivity index (χ0n) is 18.4. The van der Waals surface area contributed by atoms with Gasteiger partial charge in [-0.2, -0.15) is 13.2 Å². The molecule has 0 saturated heterocycles. The predicted molar refractivity (Wildman–Crippen MR) is 116 cm³/mol. The fourth-order valence-corrected chi connectivity index (χ4v) is 4.86. The molecule has 1 atom stereocenters. The number of halogens is 6. The maximum absolute atomic E-state index is 13.2. The summed E-state index contributed by atoms with van der Waals surface area (Å²) in [4.78, 5) is 10.8. The first kappa shape index (κ1) is 27.8. The number of carbonyl (C=O) groups is 1. The van der Waals surface area contributed by atoms with E-state index in [1.54, 1.807) is 0 Å². The first-order valence-corrected chi connectivity index (χ1v) is 11.8. The zero-order valence-corrected chi connectivity index (χ0v) is 19.2. The van der Waals surface area contributed by atoms with Crippen LogP contribution in [0.25, 0.3) is 0 Å². The number of benzene rings is 3. The average Bonchev–Trinajstić information content (AvgIpc) is 2.82. The van der Waals surface area contributed by atoms with Crippen LogP contribution in [0.5, 0.6) is 17.2 Å². The smallest absolute Gasteiger partial charge is 0.456 e. The third kappa shape index (κ3) is 7.36. The highest BCUT2D eigenvalue weighted by molar-refractivity contribution is 7.91. The van der Waals surface area contributed by atoms with Crippen molar-refractivity contribution in [3.05, 3.63) is 83.9 Å². The van der Waals surface area contributed by atoms with E-state index < -0.39 is 50.4 Å². The molecule has 0 aliphatic heterocycles. The van der Waals surface area contributed by atoms with Gasteiger partial charge in [0.15, 0.2) is 9.84 Å². The summed E-state index contributed by atoms with van der Waals surface area (Å²) >= 11 is 0. The van der Waals surface area contributed by atoms with Gasteiger partial charge in [-0.05, 0) is 54.1 Å². The van der Waals surface area contributed by atoms with Crippen LogP contribution in [0.3, 0.4) is 0 Å². The molecule has 3 aromatic carbocycles. The van der Waals surface area contributed by atoms with Crippen molar-refractivity contribution in [3.63, 3.8) is 0 Å². The molecule has 0 spiro atoms. The molecule has 0 aliphatic rings. The molecular formula is C23H17F6NO6S. The molecule has 1 unspecified atom stereocenters. The second kappa shape index (κ2) is 10.7. The second-order valence-electron chi connectivity index (χ2n) is 7.47. The van der Waals surface area contributed by atoms with Crippen LogP contribution in [0, 0.1) is 0 Å². The number of hydroxylamine groups is 2. The van der Waals surface area contributed by atoms with Gasteiger partial charge in [0, 0.05) is 0 Å². The molecule has 0 aliphatic carbocycles. The fourth-order valence-electron chi connectivity index (χ4n) is 3.22. The Morgan fingerprint density at radius 1 is 0.865 bits per heavy atom. The largest absolute Gasteiger partial charge is 0.573 e. The van der Waals surface area contributed by atoms with Gasteiger partial charge in [0.25, 0.3) is 0 Å². The minimum Gasteiger partial charge on any atom is -0.456 e. The van der Waals surface area contributed by atoms with E-state index in [2.05, 4.69) is 4.74 Å². The van der Waals surface area contributed by atoms with E-state index in [9.17, 15) is 44.8 Å².